The molecule has 178 valence electrons. The van der Waals surface area contributed by atoms with Crippen LogP contribution in [0.15, 0.2) is 79.7 Å². The SMILES string of the molecule is O=C1NC=CC=C[C](=[W])c2nccn2CCCCC=CCc2ccc(-n3cnc(C4CC4)c3)cc21. The molecule has 0 atom stereocenters. The number of rotatable bonds is 2. The number of nitrogens with one attached hydrogen (secondary N) is 1. The van der Waals surface area contributed by atoms with Gasteiger partial charge in [0.1, 0.15) is 0 Å². The summed E-state index contributed by atoms with van der Waals surface area (Å²) >= 11 is 1.37. The third kappa shape index (κ3) is 5.94. The molecule has 7 heteroatoms. The van der Waals surface area contributed by atoms with E-state index >= 15 is 0 Å². The van der Waals surface area contributed by atoms with Gasteiger partial charge in [0, 0.05) is 5.92 Å². The fourth-order valence-corrected chi connectivity index (χ4v) is 5.14. The van der Waals surface area contributed by atoms with Gasteiger partial charge in [-0.05, 0) is 12.8 Å². The van der Waals surface area contributed by atoms with Gasteiger partial charge in [0.2, 0.25) is 0 Å². The number of carbonyl (C=O) groups excluding carboxylic acids is 1. The summed E-state index contributed by atoms with van der Waals surface area (Å²) < 4.78 is 5.42. The predicted molar refractivity (Wildman–Crippen MR) is 134 cm³/mol. The molecule has 3 aromatic rings. The first-order valence-electron chi connectivity index (χ1n) is 12.2. The first kappa shape index (κ1) is 23.6. The number of nitrogens with zero attached hydrogens (tertiary/aromatic N) is 4. The first-order chi connectivity index (χ1) is 17.2. The van der Waals surface area contributed by atoms with Gasteiger partial charge in [0.05, 0.1) is 5.69 Å². The Labute approximate surface area is 216 Å². The predicted octanol–water partition coefficient (Wildman–Crippen LogP) is 4.80. The molecule has 1 saturated carbocycles. The van der Waals surface area contributed by atoms with Gasteiger partial charge in [0.15, 0.2) is 0 Å². The number of allylic oxidation sites excluding steroid dienone is 5. The summed E-state index contributed by atoms with van der Waals surface area (Å²) in [6.07, 6.45) is 26.3. The molecule has 0 bridgehead atoms. The van der Waals surface area contributed by atoms with Crippen LogP contribution in [0.5, 0.6) is 0 Å². The summed E-state index contributed by atoms with van der Waals surface area (Å²) in [5, 5.41) is 2.94. The van der Waals surface area contributed by atoms with E-state index < -0.39 is 0 Å². The van der Waals surface area contributed by atoms with E-state index in [1.54, 1.807) is 6.20 Å². The summed E-state index contributed by atoms with van der Waals surface area (Å²) in [6, 6.07) is 6.11. The summed E-state index contributed by atoms with van der Waals surface area (Å²) in [7, 11) is 0. The average Bonchev–Trinajstić information content (AvgIpc) is 3.40. The van der Waals surface area contributed by atoms with Crippen LogP contribution in [0.4, 0.5) is 0 Å². The number of amides is 1. The number of imidazole rings is 2. The third-order valence-electron chi connectivity index (χ3n) is 6.36. The van der Waals surface area contributed by atoms with E-state index in [4.69, 9.17) is 0 Å². The molecule has 0 spiro atoms. The van der Waals surface area contributed by atoms with E-state index in [9.17, 15) is 4.79 Å². The van der Waals surface area contributed by atoms with Gasteiger partial charge in [-0.25, -0.2) is 4.98 Å². The van der Waals surface area contributed by atoms with Crippen molar-refractivity contribution in [2.75, 3.05) is 0 Å². The van der Waals surface area contributed by atoms with Crippen molar-refractivity contribution in [3.8, 4) is 5.69 Å². The van der Waals surface area contributed by atoms with Crippen LogP contribution in [-0.2, 0) is 32.3 Å². The van der Waals surface area contributed by atoms with E-state index in [0.717, 1.165) is 55.0 Å². The second-order valence-corrected chi connectivity index (χ2v) is 10.6. The van der Waals surface area contributed by atoms with Crippen molar-refractivity contribution in [3.05, 3.63) is 102 Å². The Hall–Kier alpha value is -3.11. The molecule has 0 saturated heterocycles. The van der Waals surface area contributed by atoms with Crippen molar-refractivity contribution < 1.29 is 24.1 Å². The van der Waals surface area contributed by atoms with Crippen molar-refractivity contribution in [2.45, 2.75) is 51.0 Å². The van der Waals surface area contributed by atoms with Crippen molar-refractivity contribution in [1.82, 2.24) is 24.4 Å². The summed E-state index contributed by atoms with van der Waals surface area (Å²) in [5.74, 6) is 1.52. The molecular weight excluding hydrogens is 606 g/mol. The molecule has 1 amide bonds. The average molecular weight is 635 g/mol. The maximum absolute atomic E-state index is 13.1. The van der Waals surface area contributed by atoms with Crippen molar-refractivity contribution >= 4 is 9.81 Å². The molecule has 6 nitrogen and oxygen atoms in total. The van der Waals surface area contributed by atoms with Gasteiger partial charge in [-0.1, -0.05) is 0 Å². The second-order valence-electron chi connectivity index (χ2n) is 8.99. The van der Waals surface area contributed by atoms with Crippen molar-refractivity contribution in [3.63, 3.8) is 0 Å². The molecule has 0 radical (unpaired) electrons. The first-order valence-corrected chi connectivity index (χ1v) is 13.7. The number of hydrogen-bond donors (Lipinski definition) is 1. The molecule has 1 aliphatic heterocycles. The van der Waals surface area contributed by atoms with Crippen LogP contribution in [0.2, 0.25) is 0 Å². The molecule has 1 aliphatic carbocycles. The zero-order chi connectivity index (χ0) is 24.0. The molecule has 1 N–H and O–H groups in total. The molecule has 1 fully saturated rings. The zero-order valence-electron chi connectivity index (χ0n) is 19.6. The van der Waals surface area contributed by atoms with Crippen LogP contribution in [0, 0.1) is 0 Å². The molecule has 5 rings (SSSR count). The van der Waals surface area contributed by atoms with Gasteiger partial charge in [0.25, 0.3) is 0 Å². The number of fused-ring (bicyclic) bond motifs is 2. The van der Waals surface area contributed by atoms with Gasteiger partial charge in [-0.3, -0.25) is 0 Å². The van der Waals surface area contributed by atoms with Gasteiger partial charge in [-0.2, -0.15) is 0 Å². The van der Waals surface area contributed by atoms with Crippen LogP contribution >= 0.6 is 0 Å². The fraction of sp³-hybridized carbons (Fsp3) is 0.286. The standard InChI is InChI=1S/C28H29N5O.W/c34-28-25-19-24(33-20-26(31-21-33)23-11-12-23)14-13-22(25)9-5-2-1-3-8-17-32-18-16-29-27(32)10-6-4-7-15-30-28;/h2,4-7,13-16,18-21,23H,1,3,8-9,11-12,17H2,(H,30,34);. The summed E-state index contributed by atoms with van der Waals surface area (Å²) in [6.45, 7) is 0.974. The molecule has 0 unspecified atom stereocenters. The van der Waals surface area contributed by atoms with Gasteiger partial charge < -0.3 is 0 Å². The van der Waals surface area contributed by atoms with E-state index in [0.29, 0.717) is 11.5 Å². The molecule has 35 heavy (non-hydrogen) atoms. The second kappa shape index (κ2) is 11.1. The molecule has 2 aromatic heterocycles. The number of benzene rings is 1. The van der Waals surface area contributed by atoms with Crippen LogP contribution in [0.3, 0.4) is 0 Å². The third-order valence-corrected chi connectivity index (χ3v) is 7.51. The molecule has 1 aromatic carbocycles. The summed E-state index contributed by atoms with van der Waals surface area (Å²) in [5.41, 5.74) is 3.81. The topological polar surface area (TPSA) is 64.7 Å². The van der Waals surface area contributed by atoms with Gasteiger partial charge in [-0.15, -0.1) is 0 Å². The van der Waals surface area contributed by atoms with Gasteiger partial charge >= 0.3 is 188 Å². The fourth-order valence-electron chi connectivity index (χ4n) is 4.25. The van der Waals surface area contributed by atoms with E-state index in [1.165, 1.54) is 36.1 Å². The Bertz CT molecular complexity index is 1310. The zero-order valence-corrected chi connectivity index (χ0v) is 22.6. The number of aromatic nitrogens is 4. The van der Waals surface area contributed by atoms with Crippen LogP contribution in [-0.4, -0.2) is 28.9 Å². The molecule has 2 aliphatic rings. The van der Waals surface area contributed by atoms with Crippen molar-refractivity contribution in [2.24, 2.45) is 0 Å². The molecule has 3 heterocycles. The van der Waals surface area contributed by atoms with Crippen LogP contribution < -0.4 is 5.32 Å². The van der Waals surface area contributed by atoms with Crippen LogP contribution in [0.25, 0.3) is 5.69 Å². The van der Waals surface area contributed by atoms with Crippen LogP contribution in [0.1, 0.15) is 65.5 Å². The van der Waals surface area contributed by atoms with E-state index in [1.807, 2.05) is 35.3 Å². The maximum atomic E-state index is 13.1. The Morgan fingerprint density at radius 3 is 2.89 bits per heavy atom. The Morgan fingerprint density at radius 1 is 1.09 bits per heavy atom. The minimum absolute atomic E-state index is 0.106. The van der Waals surface area contributed by atoms with E-state index in [-0.39, 0.29) is 5.91 Å². The quantitative estimate of drug-likeness (QED) is 0.412. The number of aryl methyl sites for hydroxylation is 1. The van der Waals surface area contributed by atoms with E-state index in [2.05, 4.69) is 62.6 Å². The Morgan fingerprint density at radius 2 is 2.00 bits per heavy atom. The monoisotopic (exact) mass is 635 g/mol. The number of hydrogen-bond acceptors (Lipinski definition) is 3. The number of carbonyl (C=O) groups is 1. The summed E-state index contributed by atoms with van der Waals surface area (Å²) in [4.78, 5) is 22.2. The minimum atomic E-state index is -0.106. The van der Waals surface area contributed by atoms with Crippen molar-refractivity contribution in [1.29, 1.82) is 0 Å². The molecular formula is C28H29N5OW. The normalized spacial score (nSPS) is 17.4. The Balaban J connectivity index is 1.38. The Kier molecular flexibility index (Phi) is 7.48.